The predicted molar refractivity (Wildman–Crippen MR) is 138 cm³/mol. The summed E-state index contributed by atoms with van der Waals surface area (Å²) in [5, 5.41) is 0. The van der Waals surface area contributed by atoms with Crippen LogP contribution in [0.2, 0.25) is 0 Å². The van der Waals surface area contributed by atoms with Crippen molar-refractivity contribution in [3.63, 3.8) is 0 Å². The van der Waals surface area contributed by atoms with Crippen LogP contribution in [0.15, 0.2) is 30.3 Å². The van der Waals surface area contributed by atoms with E-state index in [2.05, 4.69) is 52.9 Å². The zero-order chi connectivity index (χ0) is 26.0. The molecule has 0 heterocycles. The van der Waals surface area contributed by atoms with E-state index in [1.165, 1.54) is 0 Å². The van der Waals surface area contributed by atoms with E-state index in [1.807, 2.05) is 71.9 Å². The van der Waals surface area contributed by atoms with Crippen molar-refractivity contribution in [2.75, 3.05) is 39.6 Å². The average Bonchev–Trinajstić information content (AvgIpc) is 2.86. The van der Waals surface area contributed by atoms with E-state index >= 15 is 0 Å². The Hall–Kier alpha value is -0.556. The van der Waals surface area contributed by atoms with Gasteiger partial charge in [0.25, 0.3) is 0 Å². The maximum absolute atomic E-state index is 4.69. The third-order valence-electron chi connectivity index (χ3n) is 2.93. The molecule has 0 unspecified atom stereocenters. The second-order valence-corrected chi connectivity index (χ2v) is 6.71. The van der Waals surface area contributed by atoms with Crippen LogP contribution < -0.4 is 0 Å². The quantitative estimate of drug-likeness (QED) is 0.0818. The normalized spacial score (nSPS) is 9.43. The van der Waals surface area contributed by atoms with Crippen molar-refractivity contribution in [2.24, 2.45) is 0 Å². The first-order valence-electron chi connectivity index (χ1n) is 12.3. The molecular formula is C25H49N3O6Ti. The second kappa shape index (κ2) is 43.5. The van der Waals surface area contributed by atoms with Gasteiger partial charge < -0.3 is 46.0 Å². The summed E-state index contributed by atoms with van der Waals surface area (Å²) in [6.07, 6.45) is 5.83. The maximum atomic E-state index is 4.69. The molecule has 9 nitrogen and oxygen atoms in total. The molecule has 0 aliphatic rings. The van der Waals surface area contributed by atoms with Crippen LogP contribution in [-0.4, -0.2) is 39.6 Å². The first-order chi connectivity index (χ1) is 16.6. The Morgan fingerprint density at radius 2 is 0.714 bits per heavy atom. The van der Waals surface area contributed by atoms with Gasteiger partial charge in [-0.1, -0.05) is 47.6 Å². The Balaban J connectivity index is -0.000000182. The molecular weight excluding hydrogens is 486 g/mol. The van der Waals surface area contributed by atoms with Gasteiger partial charge in [0.15, 0.2) is 0 Å². The van der Waals surface area contributed by atoms with Crippen molar-refractivity contribution in [3.05, 3.63) is 59.7 Å². The van der Waals surface area contributed by atoms with Crippen molar-refractivity contribution >= 4 is 0 Å². The summed E-state index contributed by atoms with van der Waals surface area (Å²) in [6.45, 7) is 19.7. The molecule has 1 rings (SSSR count). The minimum Gasteiger partial charge on any atom is -0.462 e. The molecule has 1 aromatic rings. The van der Waals surface area contributed by atoms with Gasteiger partial charge in [-0.15, -0.1) is 12.1 Å². The first-order valence-corrected chi connectivity index (χ1v) is 12.3. The Bertz CT molecular complexity index is 386. The molecule has 0 bridgehead atoms. The van der Waals surface area contributed by atoms with Crippen LogP contribution in [-0.2, 0) is 50.7 Å². The van der Waals surface area contributed by atoms with E-state index in [0.717, 1.165) is 44.1 Å². The fourth-order valence-electron chi connectivity index (χ4n) is 1.36. The Kier molecular flexibility index (Phi) is 51.7. The van der Waals surface area contributed by atoms with E-state index in [4.69, 9.17) is 0 Å². The third-order valence-corrected chi connectivity index (χ3v) is 2.93. The van der Waals surface area contributed by atoms with E-state index in [-0.39, 0.29) is 21.7 Å². The molecule has 0 aromatic heterocycles. The standard InChI is InChI=1S/C7H7.3C6H14NO2.Ti/c1-7-5-3-2-4-6-7;3*1-3-5-8-7-9-6-4-2;/h2-6H,1H2;3*3-6H2,1-2H3;/q4*-1;+4. The van der Waals surface area contributed by atoms with E-state index in [9.17, 15) is 0 Å². The van der Waals surface area contributed by atoms with Gasteiger partial charge in [0, 0.05) is 39.6 Å². The van der Waals surface area contributed by atoms with Gasteiger partial charge in [-0.05, 0) is 38.5 Å². The molecule has 204 valence electrons. The summed E-state index contributed by atoms with van der Waals surface area (Å²) in [7, 11) is 0. The average molecular weight is 536 g/mol. The van der Waals surface area contributed by atoms with Crippen molar-refractivity contribution in [1.82, 2.24) is 0 Å². The molecule has 0 saturated carbocycles. The number of benzene rings is 1. The van der Waals surface area contributed by atoms with Crippen LogP contribution in [0.1, 0.15) is 85.6 Å². The third kappa shape index (κ3) is 51.1. The van der Waals surface area contributed by atoms with Gasteiger partial charge in [0.2, 0.25) is 0 Å². The summed E-state index contributed by atoms with van der Waals surface area (Å²) < 4.78 is 0. The van der Waals surface area contributed by atoms with Gasteiger partial charge in [-0.25, -0.2) is 0 Å². The van der Waals surface area contributed by atoms with Gasteiger partial charge in [-0.3, -0.25) is 0 Å². The van der Waals surface area contributed by atoms with Crippen LogP contribution in [0.4, 0.5) is 0 Å². The number of nitrogens with zero attached hydrogens (tertiary/aromatic N) is 3. The van der Waals surface area contributed by atoms with Gasteiger partial charge in [0.05, 0.1) is 0 Å². The van der Waals surface area contributed by atoms with E-state index < -0.39 is 0 Å². The van der Waals surface area contributed by atoms with Gasteiger partial charge >= 0.3 is 21.7 Å². The van der Waals surface area contributed by atoms with Gasteiger partial charge in [0.1, 0.15) is 0 Å². The zero-order valence-electron chi connectivity index (χ0n) is 22.9. The van der Waals surface area contributed by atoms with Crippen molar-refractivity contribution in [1.29, 1.82) is 0 Å². The maximum Gasteiger partial charge on any atom is 4.00 e. The van der Waals surface area contributed by atoms with Crippen LogP contribution in [0.25, 0.3) is 16.9 Å². The smallest absolute Gasteiger partial charge is 0.462 e. The molecule has 0 N–H and O–H groups in total. The predicted octanol–water partition coefficient (Wildman–Crippen LogP) is 8.00. The van der Waals surface area contributed by atoms with E-state index in [1.54, 1.807) is 0 Å². The molecule has 10 heteroatoms. The largest absolute Gasteiger partial charge is 4.00 e. The van der Waals surface area contributed by atoms with Crippen LogP contribution >= 0.6 is 0 Å². The van der Waals surface area contributed by atoms with Crippen molar-refractivity contribution < 1.29 is 50.7 Å². The Morgan fingerprint density at radius 1 is 0.486 bits per heavy atom. The summed E-state index contributed by atoms with van der Waals surface area (Å²) >= 11 is 0. The fourth-order valence-corrected chi connectivity index (χ4v) is 1.36. The summed E-state index contributed by atoms with van der Waals surface area (Å²) in [4.78, 5) is 28.1. The molecule has 0 aliphatic carbocycles. The van der Waals surface area contributed by atoms with Crippen molar-refractivity contribution in [2.45, 2.75) is 80.1 Å². The second-order valence-electron chi connectivity index (χ2n) is 6.71. The van der Waals surface area contributed by atoms with E-state index in [0.29, 0.717) is 39.6 Å². The fraction of sp³-hybridized carbons (Fsp3) is 0.720. The summed E-state index contributed by atoms with van der Waals surface area (Å²) in [5.74, 6) is 0. The number of hydrogen-bond acceptors (Lipinski definition) is 6. The Labute approximate surface area is 229 Å². The molecule has 0 saturated heterocycles. The van der Waals surface area contributed by atoms with Crippen LogP contribution in [0.5, 0.6) is 0 Å². The molecule has 0 amide bonds. The molecule has 35 heavy (non-hydrogen) atoms. The summed E-state index contributed by atoms with van der Waals surface area (Å²) in [6, 6.07) is 9.87. The van der Waals surface area contributed by atoms with Crippen LogP contribution in [0.3, 0.4) is 0 Å². The van der Waals surface area contributed by atoms with Gasteiger partial charge in [-0.2, -0.15) is 24.6 Å². The molecule has 0 atom stereocenters. The minimum absolute atomic E-state index is 0. The monoisotopic (exact) mass is 535 g/mol. The minimum atomic E-state index is 0. The molecule has 0 fully saturated rings. The molecule has 0 aliphatic heterocycles. The van der Waals surface area contributed by atoms with Crippen LogP contribution in [0, 0.1) is 6.92 Å². The number of hydrogen-bond donors (Lipinski definition) is 0. The number of rotatable bonds is 18. The van der Waals surface area contributed by atoms with Crippen molar-refractivity contribution in [3.8, 4) is 0 Å². The SMILES string of the molecule is CCCO[N-]OCCC.CCCO[N-]OCCC.CCCO[N-]OCCC.[CH2-]c1ccccc1.[Ti+4]. The summed E-state index contributed by atoms with van der Waals surface area (Å²) in [5.41, 5.74) is 11.1. The molecule has 0 radical (unpaired) electrons. The zero-order valence-corrected chi connectivity index (χ0v) is 24.4. The Morgan fingerprint density at radius 3 is 0.857 bits per heavy atom. The first kappa shape index (κ1) is 41.6. The molecule has 0 spiro atoms. The topological polar surface area (TPSA) is 97.7 Å². The molecule has 1 aromatic carbocycles.